The van der Waals surface area contributed by atoms with Gasteiger partial charge in [0.15, 0.2) is 23.1 Å². The summed E-state index contributed by atoms with van der Waals surface area (Å²) in [6.07, 6.45) is -5.49. The van der Waals surface area contributed by atoms with Crippen molar-refractivity contribution in [3.8, 4) is 22.6 Å². The van der Waals surface area contributed by atoms with Crippen LogP contribution in [0.2, 0.25) is 0 Å². The zero-order valence-electron chi connectivity index (χ0n) is 34.7. The Morgan fingerprint density at radius 2 is 1.72 bits per heavy atom. The number of carboxylic acid groups (broad SMARTS) is 1. The van der Waals surface area contributed by atoms with Gasteiger partial charge in [-0.1, -0.05) is 29.3 Å². The Morgan fingerprint density at radius 3 is 2.34 bits per heavy atom. The van der Waals surface area contributed by atoms with E-state index in [1.807, 2.05) is 32.0 Å². The summed E-state index contributed by atoms with van der Waals surface area (Å²) in [5, 5.41) is 100. The molecule has 7 rings (SSSR count). The van der Waals surface area contributed by atoms with Crippen LogP contribution < -0.4 is 20.5 Å². The zero-order chi connectivity index (χ0) is 46.3. The molecule has 1 fully saturated rings. The van der Waals surface area contributed by atoms with E-state index in [9.17, 15) is 60.3 Å². The Hall–Kier alpha value is -5.88. The summed E-state index contributed by atoms with van der Waals surface area (Å²) in [4.78, 5) is 50.6. The van der Waals surface area contributed by atoms with Crippen LogP contribution in [0.1, 0.15) is 23.1 Å². The highest BCUT2D eigenvalue weighted by molar-refractivity contribution is 5.95. The van der Waals surface area contributed by atoms with Crippen molar-refractivity contribution in [2.45, 2.75) is 62.0 Å². The van der Waals surface area contributed by atoms with Crippen molar-refractivity contribution < 1.29 is 84.1 Å². The molecule has 3 aromatic carbocycles. The Kier molecular flexibility index (Phi) is 12.9. The number of carbonyl (C=O) groups excluding carboxylic acids is 1. The first-order valence-corrected chi connectivity index (χ1v) is 20.0. The first kappa shape index (κ1) is 46.1. The summed E-state index contributed by atoms with van der Waals surface area (Å²) in [7, 11) is 1.09. The molecule has 0 aliphatic carbocycles. The number of aliphatic hydroxyl groups is 7. The van der Waals surface area contributed by atoms with E-state index in [1.54, 1.807) is 12.3 Å². The highest BCUT2D eigenvalue weighted by Gasteiger charge is 2.67. The summed E-state index contributed by atoms with van der Waals surface area (Å²) in [5.41, 5.74) is -0.867. The Bertz CT molecular complexity index is 2570. The monoisotopic (exact) mass is 890 g/mol. The molecule has 4 aromatic rings. The fourth-order valence-corrected chi connectivity index (χ4v) is 8.23. The Labute approximate surface area is 363 Å². The molecule has 9 atom stereocenters. The Balaban J connectivity index is 1.30. The number of carboxylic acids is 1. The van der Waals surface area contributed by atoms with Crippen LogP contribution in [0.15, 0.2) is 98.5 Å². The van der Waals surface area contributed by atoms with Crippen molar-refractivity contribution in [2.75, 3.05) is 33.4 Å². The number of hydrogen-bond donors (Lipinski definition) is 11. The summed E-state index contributed by atoms with van der Waals surface area (Å²) in [6, 6.07) is 15.5. The van der Waals surface area contributed by atoms with E-state index in [2.05, 4.69) is 10.3 Å². The maximum absolute atomic E-state index is 13.6. The van der Waals surface area contributed by atoms with E-state index < -0.39 is 91.2 Å². The second kappa shape index (κ2) is 17.9. The molecule has 3 aliphatic rings. The minimum atomic E-state index is -3.41. The van der Waals surface area contributed by atoms with Crippen LogP contribution in [0, 0.1) is 19.8 Å². The second-order valence-corrected chi connectivity index (χ2v) is 15.9. The average molecular weight is 891 g/mol. The quantitative estimate of drug-likeness (QED) is 0.0356. The fourth-order valence-electron chi connectivity index (χ4n) is 8.23. The number of nitrogens with zero attached hydrogens (tertiary/aromatic N) is 1. The van der Waals surface area contributed by atoms with Crippen LogP contribution in [-0.4, -0.2) is 139 Å². The number of quaternary nitrogens is 1. The van der Waals surface area contributed by atoms with E-state index in [4.69, 9.17) is 23.5 Å². The minimum Gasteiger partial charge on any atom is -0.508 e. The standard InChI is InChI=1S/C44H47N3O17/c1-22-14-23(2)16-26(15-22)34-33-25(10-12-46-33)18-47(34)64-42(20-49)37(54)36(53)38(44(59,21-50)63-40(57)32(39(55)56)43(58,45-3)11-13-48)62-41(42)61-28-8-9-29-31(17-28)60-19-30(35(29)52)24-4-6-27(51)7-5-24/h4-10,12,14-17,19,32,36-38,41,45,48-51,53-54,58-59H,11,13,18,20-21H2,1-3H3,(H,55,56)/p+1/t32-,36+,37+,38+,41-,42-,43-,44+/m0/s1. The minimum absolute atomic E-state index is 0.0135. The number of aliphatic imine (C=N–C) groups is 1. The van der Waals surface area contributed by atoms with E-state index in [0.717, 1.165) is 18.2 Å². The van der Waals surface area contributed by atoms with Gasteiger partial charge in [-0.3, -0.25) is 19.7 Å². The molecular formula is C44H48N3O17+. The molecule has 64 heavy (non-hydrogen) atoms. The molecule has 3 aliphatic heterocycles. The molecule has 11 N–H and O–H groups in total. The van der Waals surface area contributed by atoms with Crippen molar-refractivity contribution >= 4 is 34.8 Å². The zero-order valence-corrected chi connectivity index (χ0v) is 34.7. The Morgan fingerprint density at radius 1 is 1.02 bits per heavy atom. The smallest absolute Gasteiger partial charge is 0.327 e. The van der Waals surface area contributed by atoms with Gasteiger partial charge in [0.25, 0.3) is 5.79 Å². The number of aliphatic carboxylic acids is 1. The van der Waals surface area contributed by atoms with Gasteiger partial charge in [0, 0.05) is 36.4 Å². The number of carbonyl (C=O) groups is 2. The van der Waals surface area contributed by atoms with Gasteiger partial charge >= 0.3 is 11.9 Å². The molecular weight excluding hydrogens is 842 g/mol. The molecule has 0 radical (unpaired) electrons. The summed E-state index contributed by atoms with van der Waals surface area (Å²) in [6.45, 7) is 0.269. The van der Waals surface area contributed by atoms with E-state index in [1.165, 1.54) is 48.7 Å². The number of hydrogen-bond acceptors (Lipinski definition) is 18. The topological polar surface area (TPSA) is 312 Å². The van der Waals surface area contributed by atoms with Gasteiger partial charge in [-0.05, 0) is 68.9 Å². The maximum Gasteiger partial charge on any atom is 0.327 e. The number of aryl methyl sites for hydroxylation is 2. The molecule has 1 unspecified atom stereocenters. The van der Waals surface area contributed by atoms with Crippen molar-refractivity contribution in [3.05, 3.63) is 111 Å². The van der Waals surface area contributed by atoms with Crippen molar-refractivity contribution in [2.24, 2.45) is 10.9 Å². The molecule has 1 saturated heterocycles. The van der Waals surface area contributed by atoms with E-state index in [0.29, 0.717) is 28.1 Å². The van der Waals surface area contributed by atoms with Gasteiger partial charge in [-0.2, -0.15) is 9.90 Å². The van der Waals surface area contributed by atoms with Crippen LogP contribution in [0.4, 0.5) is 0 Å². The second-order valence-electron chi connectivity index (χ2n) is 15.9. The van der Waals surface area contributed by atoms with Crippen molar-refractivity contribution in [3.63, 3.8) is 0 Å². The molecule has 20 heteroatoms. The highest BCUT2D eigenvalue weighted by atomic mass is 16.8. The van der Waals surface area contributed by atoms with Crippen LogP contribution in [0.25, 0.3) is 27.8 Å². The van der Waals surface area contributed by atoms with Gasteiger partial charge in [0.2, 0.25) is 11.9 Å². The summed E-state index contributed by atoms with van der Waals surface area (Å²) in [5.74, 6) is -9.97. The molecule has 340 valence electrons. The van der Waals surface area contributed by atoms with Gasteiger partial charge in [-0.25, -0.2) is 4.99 Å². The predicted molar refractivity (Wildman–Crippen MR) is 222 cm³/mol. The molecule has 20 nitrogen and oxygen atoms in total. The normalized spacial score (nSPS) is 25.3. The van der Waals surface area contributed by atoms with Gasteiger partial charge in [0.05, 0.1) is 17.6 Å². The average Bonchev–Trinajstić information content (AvgIpc) is 3.84. The number of phenolic OH excluding ortho intramolecular Hbond substituents is 1. The maximum atomic E-state index is 13.6. The first-order valence-electron chi connectivity index (χ1n) is 20.0. The number of esters is 1. The van der Waals surface area contributed by atoms with Crippen LogP contribution in [0.3, 0.4) is 0 Å². The van der Waals surface area contributed by atoms with Crippen LogP contribution in [0.5, 0.6) is 11.5 Å². The lowest BCUT2D eigenvalue weighted by atomic mass is 9.84. The third-order valence-electron chi connectivity index (χ3n) is 11.5. The number of aromatic hydroxyl groups is 1. The number of phenols is 1. The number of hydroxylamine groups is 2. The van der Waals surface area contributed by atoms with Gasteiger partial charge in [-0.15, -0.1) is 0 Å². The molecule has 0 bridgehead atoms. The van der Waals surface area contributed by atoms with Crippen LogP contribution >= 0.6 is 0 Å². The highest BCUT2D eigenvalue weighted by Crippen LogP contribution is 2.40. The van der Waals surface area contributed by atoms with Crippen molar-refractivity contribution in [1.29, 1.82) is 0 Å². The number of rotatable bonds is 16. The van der Waals surface area contributed by atoms with Crippen molar-refractivity contribution in [1.82, 2.24) is 5.32 Å². The number of aliphatic hydroxyl groups excluding tert-OH is 5. The molecule has 0 spiro atoms. The molecule has 0 amide bonds. The molecule has 0 saturated carbocycles. The number of allylic oxidation sites excluding steroid dienone is 1. The lowest BCUT2D eigenvalue weighted by molar-refractivity contribution is -1.04. The SMILES string of the molecule is CN[C@](O)(CCO)[C@@H](C(=O)O)C(=O)O[C@](O)(CO)[C@@H]1O[C@H](Oc2ccc3c(=O)c(-c4ccc(O)cc4)coc3c2)[C@@](CO)(O[NH+]2CC3=CC=NC3=C2c2cc(C)cc(C)c2)[C@H](O)[C@H]1O. The largest absolute Gasteiger partial charge is 0.508 e. The third kappa shape index (κ3) is 8.32. The number of benzene rings is 3. The number of fused-ring (bicyclic) bond motifs is 2. The first-order chi connectivity index (χ1) is 30.4. The lowest BCUT2D eigenvalue weighted by Crippen LogP contribution is -3.10. The molecule has 1 aromatic heterocycles. The predicted octanol–water partition coefficient (Wildman–Crippen LogP) is -1.24. The summed E-state index contributed by atoms with van der Waals surface area (Å²) < 4.78 is 23.3. The molecule has 4 heterocycles. The van der Waals surface area contributed by atoms with Crippen LogP contribution in [-0.2, 0) is 23.9 Å². The third-order valence-corrected chi connectivity index (χ3v) is 11.5. The fraction of sp³-hybridized carbons (Fsp3) is 0.364. The van der Waals surface area contributed by atoms with E-state index in [-0.39, 0.29) is 39.6 Å². The number of nitrogens with one attached hydrogen (secondary N) is 2. The van der Waals surface area contributed by atoms with Gasteiger partial charge in [0.1, 0.15) is 60.1 Å². The summed E-state index contributed by atoms with van der Waals surface area (Å²) >= 11 is 0. The van der Waals surface area contributed by atoms with E-state index >= 15 is 0 Å². The van der Waals surface area contributed by atoms with Gasteiger partial charge < -0.3 is 64.6 Å². The lowest BCUT2D eigenvalue weighted by Gasteiger charge is -2.51. The number of ether oxygens (including phenoxy) is 3.